The predicted molar refractivity (Wildman–Crippen MR) is 130 cm³/mol. The Hall–Kier alpha value is -3.98. The third kappa shape index (κ3) is 4.06. The van der Waals surface area contributed by atoms with Gasteiger partial charge < -0.3 is 5.32 Å². The average molecular weight is 473 g/mol. The lowest BCUT2D eigenvalue weighted by Gasteiger charge is -2.28. The summed E-state index contributed by atoms with van der Waals surface area (Å²) in [5.74, 6) is -0.325. The minimum atomic E-state index is -0.984. The number of fused-ring (bicyclic) bond motifs is 1. The minimum absolute atomic E-state index is 0.0591. The zero-order chi connectivity index (χ0) is 23.7. The van der Waals surface area contributed by atoms with Crippen LogP contribution in [0.5, 0.6) is 0 Å². The Bertz CT molecular complexity index is 1450. The Kier molecular flexibility index (Phi) is 5.62. The zero-order valence-corrected chi connectivity index (χ0v) is 19.4. The van der Waals surface area contributed by atoms with E-state index in [4.69, 9.17) is 4.98 Å². The van der Waals surface area contributed by atoms with Crippen molar-refractivity contribution in [3.63, 3.8) is 0 Å². The van der Waals surface area contributed by atoms with E-state index in [2.05, 4.69) is 20.8 Å². The van der Waals surface area contributed by atoms with Gasteiger partial charge in [-0.25, -0.2) is 9.37 Å². The van der Waals surface area contributed by atoms with Crippen LogP contribution in [0, 0.1) is 12.7 Å². The van der Waals surface area contributed by atoms with Crippen molar-refractivity contribution in [2.75, 3.05) is 5.32 Å². The van der Waals surface area contributed by atoms with Gasteiger partial charge >= 0.3 is 0 Å². The number of nitrogens with one attached hydrogen (secondary N) is 1. The molecular formula is C25H21FN6OS. The van der Waals surface area contributed by atoms with Crippen LogP contribution < -0.4 is 5.32 Å². The molecule has 34 heavy (non-hydrogen) atoms. The molecule has 7 nitrogen and oxygen atoms in total. The normalized spacial score (nSPS) is 13.0. The maximum absolute atomic E-state index is 14.7. The number of tetrazole rings is 1. The summed E-state index contributed by atoms with van der Waals surface area (Å²) in [6.07, 6.45) is 0.371. The van der Waals surface area contributed by atoms with Gasteiger partial charge in [-0.15, -0.1) is 16.4 Å². The van der Waals surface area contributed by atoms with E-state index in [1.165, 1.54) is 16.8 Å². The smallest absolute Gasteiger partial charge is 0.235 e. The standard InChI is InChI=1S/C25H21FN6OS/c1-16-29-30-31-32(16)18-12-13-19(26)21(14-18)28-24(33)25(2,17-8-4-3-5-9-17)15-23-27-20-10-6-7-11-22(20)34-23/h3-14H,15H2,1-2H3,(H,28,33). The first-order chi connectivity index (χ1) is 16.4. The molecule has 0 aliphatic carbocycles. The maximum atomic E-state index is 14.7. The second kappa shape index (κ2) is 8.75. The number of halogens is 1. The van der Waals surface area contributed by atoms with E-state index in [0.717, 1.165) is 20.8 Å². The van der Waals surface area contributed by atoms with Crippen LogP contribution in [-0.2, 0) is 16.6 Å². The molecule has 5 rings (SSSR count). The summed E-state index contributed by atoms with van der Waals surface area (Å²) in [4.78, 5) is 18.5. The van der Waals surface area contributed by atoms with Crippen molar-refractivity contribution in [1.29, 1.82) is 0 Å². The molecule has 0 radical (unpaired) electrons. The quantitative estimate of drug-likeness (QED) is 0.382. The van der Waals surface area contributed by atoms with Crippen LogP contribution in [-0.4, -0.2) is 31.1 Å². The van der Waals surface area contributed by atoms with Crippen LogP contribution >= 0.6 is 11.3 Å². The number of amides is 1. The first-order valence-corrected chi connectivity index (χ1v) is 11.5. The van der Waals surface area contributed by atoms with Gasteiger partial charge in [-0.2, -0.15) is 4.68 Å². The highest BCUT2D eigenvalue weighted by Gasteiger charge is 2.37. The molecule has 3 aromatic carbocycles. The number of thiazole rings is 1. The molecule has 0 fully saturated rings. The fourth-order valence-electron chi connectivity index (χ4n) is 3.89. The van der Waals surface area contributed by atoms with Crippen LogP contribution in [0.1, 0.15) is 23.3 Å². The number of aryl methyl sites for hydroxylation is 1. The Labute approximate surface area is 199 Å². The highest BCUT2D eigenvalue weighted by molar-refractivity contribution is 7.18. The molecule has 0 aliphatic heterocycles. The number of carbonyl (C=O) groups excluding carboxylic acids is 1. The van der Waals surface area contributed by atoms with Crippen LogP contribution in [0.2, 0.25) is 0 Å². The summed E-state index contributed by atoms with van der Waals surface area (Å²) >= 11 is 1.56. The molecule has 0 saturated carbocycles. The van der Waals surface area contributed by atoms with Gasteiger partial charge in [0.15, 0.2) is 5.82 Å². The number of anilines is 1. The molecule has 1 N–H and O–H groups in total. The molecule has 2 aromatic heterocycles. The van der Waals surface area contributed by atoms with Crippen LogP contribution in [0.3, 0.4) is 0 Å². The molecule has 170 valence electrons. The first-order valence-electron chi connectivity index (χ1n) is 10.7. The average Bonchev–Trinajstić information content (AvgIpc) is 3.46. The summed E-state index contributed by atoms with van der Waals surface area (Å²) in [6.45, 7) is 3.60. The Morgan fingerprint density at radius 3 is 2.59 bits per heavy atom. The number of hydrogen-bond acceptors (Lipinski definition) is 6. The highest BCUT2D eigenvalue weighted by Crippen LogP contribution is 2.33. The number of para-hydroxylation sites is 1. The number of hydrogen-bond donors (Lipinski definition) is 1. The summed E-state index contributed by atoms with van der Waals surface area (Å²) in [5.41, 5.74) is 1.34. The molecule has 0 aliphatic rings. The number of aromatic nitrogens is 5. The lowest BCUT2D eigenvalue weighted by Crippen LogP contribution is -2.40. The Morgan fingerprint density at radius 2 is 1.85 bits per heavy atom. The van der Waals surface area contributed by atoms with Crippen molar-refractivity contribution >= 4 is 33.1 Å². The Balaban J connectivity index is 1.51. The molecule has 9 heteroatoms. The van der Waals surface area contributed by atoms with Crippen molar-refractivity contribution in [2.24, 2.45) is 0 Å². The molecule has 0 bridgehead atoms. The van der Waals surface area contributed by atoms with Gasteiger partial charge in [0, 0.05) is 6.42 Å². The van der Waals surface area contributed by atoms with E-state index in [0.29, 0.717) is 17.9 Å². The fraction of sp³-hybridized carbons (Fsp3) is 0.160. The van der Waals surface area contributed by atoms with Crippen molar-refractivity contribution in [3.05, 3.63) is 95.0 Å². The number of rotatable bonds is 6. The van der Waals surface area contributed by atoms with Gasteiger partial charge in [-0.05, 0) is 60.2 Å². The van der Waals surface area contributed by atoms with Crippen LogP contribution in [0.4, 0.5) is 10.1 Å². The van der Waals surface area contributed by atoms with Crippen molar-refractivity contribution in [1.82, 2.24) is 25.2 Å². The molecule has 0 saturated heterocycles. The maximum Gasteiger partial charge on any atom is 0.235 e. The topological polar surface area (TPSA) is 85.6 Å². The van der Waals surface area contributed by atoms with Crippen molar-refractivity contribution < 1.29 is 9.18 Å². The van der Waals surface area contributed by atoms with E-state index in [9.17, 15) is 9.18 Å². The second-order valence-corrected chi connectivity index (χ2v) is 9.32. The van der Waals surface area contributed by atoms with E-state index in [1.807, 2.05) is 61.5 Å². The van der Waals surface area contributed by atoms with Gasteiger partial charge in [0.1, 0.15) is 5.82 Å². The van der Waals surface area contributed by atoms with Gasteiger partial charge in [0.2, 0.25) is 5.91 Å². The summed E-state index contributed by atoms with van der Waals surface area (Å²) in [5, 5.41) is 15.1. The van der Waals surface area contributed by atoms with Gasteiger partial charge in [-0.1, -0.05) is 42.5 Å². The first kappa shape index (κ1) is 21.8. The van der Waals surface area contributed by atoms with Gasteiger partial charge in [-0.3, -0.25) is 4.79 Å². The van der Waals surface area contributed by atoms with Crippen molar-refractivity contribution in [3.8, 4) is 5.69 Å². The predicted octanol–water partition coefficient (Wildman–Crippen LogP) is 4.86. The summed E-state index contributed by atoms with van der Waals surface area (Å²) in [7, 11) is 0. The monoisotopic (exact) mass is 472 g/mol. The summed E-state index contributed by atoms with van der Waals surface area (Å²) < 4.78 is 17.3. The third-order valence-electron chi connectivity index (χ3n) is 5.82. The minimum Gasteiger partial charge on any atom is -0.323 e. The number of benzene rings is 3. The number of carbonyl (C=O) groups is 1. The van der Waals surface area contributed by atoms with E-state index < -0.39 is 11.2 Å². The largest absolute Gasteiger partial charge is 0.323 e. The molecule has 2 heterocycles. The van der Waals surface area contributed by atoms with E-state index in [1.54, 1.807) is 24.3 Å². The molecule has 1 amide bonds. The Morgan fingerprint density at radius 1 is 1.09 bits per heavy atom. The van der Waals surface area contributed by atoms with Crippen LogP contribution in [0.25, 0.3) is 15.9 Å². The van der Waals surface area contributed by atoms with Crippen LogP contribution in [0.15, 0.2) is 72.8 Å². The lowest BCUT2D eigenvalue weighted by molar-refractivity contribution is -0.121. The van der Waals surface area contributed by atoms with Crippen molar-refractivity contribution in [2.45, 2.75) is 25.7 Å². The molecule has 1 unspecified atom stereocenters. The second-order valence-electron chi connectivity index (χ2n) is 8.21. The highest BCUT2D eigenvalue weighted by atomic mass is 32.1. The molecule has 0 spiro atoms. The zero-order valence-electron chi connectivity index (χ0n) is 18.6. The van der Waals surface area contributed by atoms with Gasteiger partial charge in [0.05, 0.1) is 32.0 Å². The molecule has 5 aromatic rings. The number of nitrogens with zero attached hydrogens (tertiary/aromatic N) is 5. The van der Waals surface area contributed by atoms with E-state index >= 15 is 0 Å². The molecule has 1 atom stereocenters. The van der Waals surface area contributed by atoms with E-state index in [-0.39, 0.29) is 11.6 Å². The van der Waals surface area contributed by atoms with Gasteiger partial charge in [0.25, 0.3) is 0 Å². The third-order valence-corrected chi connectivity index (χ3v) is 6.86. The SMILES string of the molecule is Cc1nnnn1-c1ccc(F)c(NC(=O)C(C)(Cc2nc3ccccc3s2)c2ccccc2)c1. The summed E-state index contributed by atoms with van der Waals surface area (Å²) in [6, 6.07) is 21.8. The fourth-order valence-corrected chi connectivity index (χ4v) is 5.01. The molecular weight excluding hydrogens is 451 g/mol. The lowest BCUT2D eigenvalue weighted by atomic mass is 9.78.